The number of nitrogens with two attached hydrogens (primary N) is 1. The maximum absolute atomic E-state index is 10.6. The number of nitrogens with one attached hydrogen (secondary N) is 1. The summed E-state index contributed by atoms with van der Waals surface area (Å²) >= 11 is 0. The first-order valence-electron chi connectivity index (χ1n) is 6.78. The van der Waals surface area contributed by atoms with E-state index >= 15 is 0 Å². The zero-order valence-corrected chi connectivity index (χ0v) is 11.8. The second-order valence-corrected chi connectivity index (χ2v) is 5.07. The smallest absolute Gasteiger partial charge is 0.218 e. The molecule has 1 aromatic rings. The van der Waals surface area contributed by atoms with Crippen molar-refractivity contribution in [2.75, 3.05) is 13.2 Å². The molecule has 0 saturated carbocycles. The second kappa shape index (κ2) is 8.53. The summed E-state index contributed by atoms with van der Waals surface area (Å²) in [4.78, 5) is 10.6. The van der Waals surface area contributed by atoms with Crippen molar-refractivity contribution < 1.29 is 9.53 Å². The van der Waals surface area contributed by atoms with Crippen molar-refractivity contribution in [1.82, 2.24) is 5.32 Å². The molecule has 0 atom stereocenters. The van der Waals surface area contributed by atoms with Gasteiger partial charge in [0.05, 0.1) is 6.61 Å². The Morgan fingerprint density at radius 2 is 2.00 bits per heavy atom. The Morgan fingerprint density at radius 1 is 1.32 bits per heavy atom. The molecule has 0 radical (unpaired) electrons. The quantitative estimate of drug-likeness (QED) is 0.671. The number of carbonyl (C=O) groups excluding carboxylic acids is 1. The number of amides is 1. The van der Waals surface area contributed by atoms with Crippen LogP contribution in [0.2, 0.25) is 0 Å². The van der Waals surface area contributed by atoms with Crippen LogP contribution < -0.4 is 15.8 Å². The summed E-state index contributed by atoms with van der Waals surface area (Å²) < 4.78 is 5.65. The van der Waals surface area contributed by atoms with Crippen LogP contribution in [0.15, 0.2) is 24.3 Å². The van der Waals surface area contributed by atoms with Crippen LogP contribution in [0.4, 0.5) is 0 Å². The minimum atomic E-state index is -0.276. The Morgan fingerprint density at radius 3 is 2.58 bits per heavy atom. The van der Waals surface area contributed by atoms with Crippen LogP contribution in [-0.2, 0) is 11.3 Å². The van der Waals surface area contributed by atoms with E-state index in [4.69, 9.17) is 10.5 Å². The SMILES string of the molecule is CC(C)CCOc1ccc(CNCCC(N)=O)cc1. The molecule has 1 aromatic carbocycles. The molecule has 4 heteroatoms. The van der Waals surface area contributed by atoms with Gasteiger partial charge in [0.25, 0.3) is 0 Å². The first-order valence-corrected chi connectivity index (χ1v) is 6.78. The van der Waals surface area contributed by atoms with Crippen molar-refractivity contribution in [2.45, 2.75) is 33.2 Å². The predicted octanol–water partition coefficient (Wildman–Crippen LogP) is 2.08. The molecule has 1 amide bonds. The highest BCUT2D eigenvalue weighted by Crippen LogP contribution is 2.13. The fourth-order valence-corrected chi connectivity index (χ4v) is 1.56. The minimum Gasteiger partial charge on any atom is -0.494 e. The van der Waals surface area contributed by atoms with Gasteiger partial charge in [0.1, 0.15) is 5.75 Å². The third-order valence-electron chi connectivity index (χ3n) is 2.76. The van der Waals surface area contributed by atoms with Crippen LogP contribution in [0.5, 0.6) is 5.75 Å². The maximum Gasteiger partial charge on any atom is 0.218 e. The van der Waals surface area contributed by atoms with E-state index in [2.05, 4.69) is 19.2 Å². The summed E-state index contributed by atoms with van der Waals surface area (Å²) in [7, 11) is 0. The van der Waals surface area contributed by atoms with E-state index in [0.717, 1.165) is 25.3 Å². The average molecular weight is 264 g/mol. The molecule has 0 fully saturated rings. The summed E-state index contributed by atoms with van der Waals surface area (Å²) in [6.07, 6.45) is 1.44. The summed E-state index contributed by atoms with van der Waals surface area (Å²) in [5, 5.41) is 3.17. The van der Waals surface area contributed by atoms with Crippen LogP contribution in [0.1, 0.15) is 32.3 Å². The second-order valence-electron chi connectivity index (χ2n) is 5.07. The number of ether oxygens (including phenoxy) is 1. The number of benzene rings is 1. The van der Waals surface area contributed by atoms with Crippen molar-refractivity contribution in [3.8, 4) is 5.75 Å². The van der Waals surface area contributed by atoms with Crippen molar-refractivity contribution in [3.05, 3.63) is 29.8 Å². The first-order chi connectivity index (χ1) is 9.08. The lowest BCUT2D eigenvalue weighted by Crippen LogP contribution is -2.21. The Balaban J connectivity index is 2.25. The molecule has 0 aliphatic rings. The molecule has 0 heterocycles. The predicted molar refractivity (Wildman–Crippen MR) is 76.9 cm³/mol. The van der Waals surface area contributed by atoms with Gasteiger partial charge in [0, 0.05) is 19.5 Å². The van der Waals surface area contributed by atoms with E-state index in [-0.39, 0.29) is 5.91 Å². The van der Waals surface area contributed by atoms with Gasteiger partial charge >= 0.3 is 0 Å². The summed E-state index contributed by atoms with van der Waals surface area (Å²) in [5.41, 5.74) is 6.23. The zero-order chi connectivity index (χ0) is 14.1. The Labute approximate surface area is 115 Å². The number of carbonyl (C=O) groups is 1. The van der Waals surface area contributed by atoms with Gasteiger partial charge < -0.3 is 15.8 Å². The molecule has 0 spiro atoms. The van der Waals surface area contributed by atoms with Gasteiger partial charge in [-0.25, -0.2) is 0 Å². The highest BCUT2D eigenvalue weighted by atomic mass is 16.5. The molecule has 0 unspecified atom stereocenters. The highest BCUT2D eigenvalue weighted by Gasteiger charge is 1.98. The fraction of sp³-hybridized carbons (Fsp3) is 0.533. The molecule has 3 N–H and O–H groups in total. The highest BCUT2D eigenvalue weighted by molar-refractivity contribution is 5.73. The maximum atomic E-state index is 10.6. The van der Waals surface area contributed by atoms with E-state index in [0.29, 0.717) is 18.9 Å². The van der Waals surface area contributed by atoms with E-state index in [9.17, 15) is 4.79 Å². The number of hydrogen-bond donors (Lipinski definition) is 2. The van der Waals surface area contributed by atoms with Gasteiger partial charge in [0.2, 0.25) is 5.91 Å². The fourth-order valence-electron chi connectivity index (χ4n) is 1.56. The number of hydrogen-bond acceptors (Lipinski definition) is 3. The van der Waals surface area contributed by atoms with Gasteiger partial charge in [-0.3, -0.25) is 4.79 Å². The number of rotatable bonds is 9. The Kier molecular flexibility index (Phi) is 6.97. The molecular formula is C15H24N2O2. The molecule has 0 saturated heterocycles. The topological polar surface area (TPSA) is 64.3 Å². The molecule has 0 aliphatic heterocycles. The van der Waals surface area contributed by atoms with Crippen LogP contribution in [-0.4, -0.2) is 19.1 Å². The van der Waals surface area contributed by atoms with E-state index in [1.54, 1.807) is 0 Å². The van der Waals surface area contributed by atoms with Crippen LogP contribution in [0.25, 0.3) is 0 Å². The molecule has 4 nitrogen and oxygen atoms in total. The first kappa shape index (κ1) is 15.5. The van der Waals surface area contributed by atoms with Gasteiger partial charge in [0.15, 0.2) is 0 Å². The van der Waals surface area contributed by atoms with Crippen molar-refractivity contribution in [1.29, 1.82) is 0 Å². The Bertz CT molecular complexity index is 374. The standard InChI is InChI=1S/C15H24N2O2/c1-12(2)8-10-19-14-5-3-13(4-6-14)11-17-9-7-15(16)18/h3-6,12,17H,7-11H2,1-2H3,(H2,16,18). The number of primary amides is 1. The zero-order valence-electron chi connectivity index (χ0n) is 11.8. The van der Waals surface area contributed by atoms with Gasteiger partial charge in [-0.1, -0.05) is 26.0 Å². The van der Waals surface area contributed by atoms with Gasteiger partial charge in [-0.2, -0.15) is 0 Å². The van der Waals surface area contributed by atoms with Crippen molar-refractivity contribution in [2.24, 2.45) is 11.7 Å². The molecule has 0 bridgehead atoms. The summed E-state index contributed by atoms with van der Waals surface area (Å²) in [6.45, 7) is 6.48. The molecule has 1 rings (SSSR count). The third-order valence-corrected chi connectivity index (χ3v) is 2.76. The van der Waals surface area contributed by atoms with Crippen LogP contribution >= 0.6 is 0 Å². The van der Waals surface area contributed by atoms with E-state index in [1.165, 1.54) is 5.56 Å². The summed E-state index contributed by atoms with van der Waals surface area (Å²) in [5.74, 6) is 1.29. The largest absolute Gasteiger partial charge is 0.494 e. The Hall–Kier alpha value is -1.55. The van der Waals surface area contributed by atoms with Crippen LogP contribution in [0.3, 0.4) is 0 Å². The third kappa shape index (κ3) is 7.47. The van der Waals surface area contributed by atoms with E-state index in [1.807, 2.05) is 24.3 Å². The normalized spacial score (nSPS) is 10.7. The van der Waals surface area contributed by atoms with Gasteiger partial charge in [-0.15, -0.1) is 0 Å². The molecular weight excluding hydrogens is 240 g/mol. The molecule has 0 aromatic heterocycles. The lowest BCUT2D eigenvalue weighted by molar-refractivity contribution is -0.117. The lowest BCUT2D eigenvalue weighted by Gasteiger charge is -2.09. The van der Waals surface area contributed by atoms with Gasteiger partial charge in [-0.05, 0) is 30.0 Å². The van der Waals surface area contributed by atoms with Crippen molar-refractivity contribution in [3.63, 3.8) is 0 Å². The lowest BCUT2D eigenvalue weighted by atomic mass is 10.1. The average Bonchev–Trinajstić information content (AvgIpc) is 2.36. The monoisotopic (exact) mass is 264 g/mol. The van der Waals surface area contributed by atoms with Crippen LogP contribution in [0, 0.1) is 5.92 Å². The van der Waals surface area contributed by atoms with E-state index < -0.39 is 0 Å². The minimum absolute atomic E-state index is 0.276. The molecule has 0 aliphatic carbocycles. The molecule has 19 heavy (non-hydrogen) atoms. The van der Waals surface area contributed by atoms with Crippen molar-refractivity contribution >= 4 is 5.91 Å². The molecule has 106 valence electrons. The summed E-state index contributed by atoms with van der Waals surface area (Å²) in [6, 6.07) is 8.01.